The van der Waals surface area contributed by atoms with E-state index in [1.807, 2.05) is 12.1 Å². The Hall–Kier alpha value is -1.81. The van der Waals surface area contributed by atoms with Crippen molar-refractivity contribution in [1.82, 2.24) is 9.55 Å². The molecule has 1 aromatic carbocycles. The van der Waals surface area contributed by atoms with Crippen molar-refractivity contribution in [2.45, 2.75) is 6.92 Å². The molecule has 0 saturated heterocycles. The molecule has 0 aliphatic heterocycles. The highest BCUT2D eigenvalue weighted by molar-refractivity contribution is 6.30. The maximum absolute atomic E-state index is 11.7. The summed E-state index contributed by atoms with van der Waals surface area (Å²) in [6, 6.07) is 7.30. The highest BCUT2D eigenvalue weighted by atomic mass is 35.5. The minimum absolute atomic E-state index is 0.348. The lowest BCUT2D eigenvalue weighted by Crippen LogP contribution is -2.10. The zero-order valence-electron chi connectivity index (χ0n) is 10.2. The SMILES string of the molecule is CCOC(=O)c1cnc(-c2ccc(Cl)cc2)n1C. The first-order valence-corrected chi connectivity index (χ1v) is 5.96. The van der Waals surface area contributed by atoms with Gasteiger partial charge in [0.25, 0.3) is 0 Å². The fourth-order valence-electron chi connectivity index (χ4n) is 1.67. The molecule has 1 aromatic heterocycles. The maximum Gasteiger partial charge on any atom is 0.356 e. The molecular weight excluding hydrogens is 252 g/mol. The molecular formula is C13H13ClN2O2. The second-order valence-electron chi connectivity index (χ2n) is 3.75. The van der Waals surface area contributed by atoms with Crippen LogP contribution in [0.3, 0.4) is 0 Å². The molecule has 0 N–H and O–H groups in total. The lowest BCUT2D eigenvalue weighted by Gasteiger charge is -2.05. The topological polar surface area (TPSA) is 44.1 Å². The van der Waals surface area contributed by atoms with E-state index < -0.39 is 0 Å². The number of carbonyl (C=O) groups is 1. The Balaban J connectivity index is 2.36. The molecule has 2 aromatic rings. The van der Waals surface area contributed by atoms with Gasteiger partial charge in [-0.3, -0.25) is 0 Å². The maximum atomic E-state index is 11.7. The van der Waals surface area contributed by atoms with E-state index >= 15 is 0 Å². The van der Waals surface area contributed by atoms with Gasteiger partial charge in [-0.05, 0) is 31.2 Å². The molecule has 0 bridgehead atoms. The van der Waals surface area contributed by atoms with E-state index in [0.717, 1.165) is 5.56 Å². The van der Waals surface area contributed by atoms with Crippen LogP contribution in [-0.2, 0) is 11.8 Å². The Morgan fingerprint density at radius 3 is 2.67 bits per heavy atom. The summed E-state index contributed by atoms with van der Waals surface area (Å²) >= 11 is 5.83. The van der Waals surface area contributed by atoms with Gasteiger partial charge in [0.15, 0.2) is 0 Å². The van der Waals surface area contributed by atoms with Gasteiger partial charge in [0.05, 0.1) is 12.8 Å². The van der Waals surface area contributed by atoms with Crippen molar-refractivity contribution in [2.75, 3.05) is 6.61 Å². The number of hydrogen-bond donors (Lipinski definition) is 0. The van der Waals surface area contributed by atoms with Gasteiger partial charge in [0.2, 0.25) is 0 Å². The monoisotopic (exact) mass is 264 g/mol. The van der Waals surface area contributed by atoms with E-state index in [1.54, 1.807) is 30.7 Å². The number of rotatable bonds is 3. The number of imidazole rings is 1. The van der Waals surface area contributed by atoms with Crippen LogP contribution in [-0.4, -0.2) is 22.1 Å². The molecule has 0 saturated carbocycles. The van der Waals surface area contributed by atoms with Crippen LogP contribution in [0.15, 0.2) is 30.5 Å². The van der Waals surface area contributed by atoms with E-state index in [9.17, 15) is 4.79 Å². The molecule has 2 rings (SSSR count). The van der Waals surface area contributed by atoms with Gasteiger partial charge in [0.1, 0.15) is 11.5 Å². The zero-order valence-corrected chi connectivity index (χ0v) is 10.9. The lowest BCUT2D eigenvalue weighted by atomic mass is 10.2. The number of esters is 1. The molecule has 94 valence electrons. The lowest BCUT2D eigenvalue weighted by molar-refractivity contribution is 0.0515. The zero-order chi connectivity index (χ0) is 13.1. The Kier molecular flexibility index (Phi) is 3.67. The highest BCUT2D eigenvalue weighted by Crippen LogP contribution is 2.21. The van der Waals surface area contributed by atoms with Crippen molar-refractivity contribution in [3.05, 3.63) is 41.2 Å². The van der Waals surface area contributed by atoms with Crippen LogP contribution in [0.4, 0.5) is 0 Å². The summed E-state index contributed by atoms with van der Waals surface area (Å²) in [6.45, 7) is 2.12. The minimum atomic E-state index is -0.368. The van der Waals surface area contributed by atoms with Gasteiger partial charge < -0.3 is 9.30 Å². The molecule has 5 heteroatoms. The number of hydrogen-bond acceptors (Lipinski definition) is 3. The molecule has 0 atom stereocenters. The summed E-state index contributed by atoms with van der Waals surface area (Å²) in [7, 11) is 1.78. The second-order valence-corrected chi connectivity index (χ2v) is 4.19. The summed E-state index contributed by atoms with van der Waals surface area (Å²) in [5, 5.41) is 0.665. The van der Waals surface area contributed by atoms with E-state index in [4.69, 9.17) is 16.3 Å². The van der Waals surface area contributed by atoms with Crippen molar-refractivity contribution in [1.29, 1.82) is 0 Å². The first kappa shape index (κ1) is 12.6. The van der Waals surface area contributed by atoms with E-state index in [1.165, 1.54) is 6.20 Å². The van der Waals surface area contributed by atoms with Crippen molar-refractivity contribution in [3.8, 4) is 11.4 Å². The number of nitrogens with zero attached hydrogens (tertiary/aromatic N) is 2. The van der Waals surface area contributed by atoms with Gasteiger partial charge >= 0.3 is 5.97 Å². The van der Waals surface area contributed by atoms with Crippen LogP contribution in [0, 0.1) is 0 Å². The summed E-state index contributed by atoms with van der Waals surface area (Å²) < 4.78 is 6.67. The Morgan fingerprint density at radius 1 is 1.39 bits per heavy atom. The van der Waals surface area contributed by atoms with Crippen LogP contribution in [0.2, 0.25) is 5.02 Å². The van der Waals surface area contributed by atoms with E-state index in [-0.39, 0.29) is 5.97 Å². The third-order valence-corrected chi connectivity index (χ3v) is 2.83. The number of halogens is 1. The van der Waals surface area contributed by atoms with Crippen LogP contribution < -0.4 is 0 Å². The molecule has 0 fully saturated rings. The quantitative estimate of drug-likeness (QED) is 0.801. The molecule has 0 unspecified atom stereocenters. The molecule has 18 heavy (non-hydrogen) atoms. The normalized spacial score (nSPS) is 10.4. The fourth-order valence-corrected chi connectivity index (χ4v) is 1.80. The van der Waals surface area contributed by atoms with Crippen molar-refractivity contribution >= 4 is 17.6 Å². The number of ether oxygens (including phenoxy) is 1. The first-order chi connectivity index (χ1) is 8.63. The van der Waals surface area contributed by atoms with Gasteiger partial charge in [-0.25, -0.2) is 9.78 Å². The molecule has 0 radical (unpaired) electrons. The second kappa shape index (κ2) is 5.23. The fraction of sp³-hybridized carbons (Fsp3) is 0.231. The summed E-state index contributed by atoms with van der Waals surface area (Å²) in [5.41, 5.74) is 1.33. The van der Waals surface area contributed by atoms with E-state index in [2.05, 4.69) is 4.98 Å². The molecule has 0 amide bonds. The smallest absolute Gasteiger partial charge is 0.356 e. The van der Waals surface area contributed by atoms with Gasteiger partial charge in [-0.15, -0.1) is 0 Å². The van der Waals surface area contributed by atoms with Gasteiger partial charge in [-0.2, -0.15) is 0 Å². The molecule has 0 aliphatic carbocycles. The summed E-state index contributed by atoms with van der Waals surface area (Å²) in [6.07, 6.45) is 1.52. The molecule has 1 heterocycles. The summed E-state index contributed by atoms with van der Waals surface area (Å²) in [4.78, 5) is 15.9. The van der Waals surface area contributed by atoms with Crippen LogP contribution in [0.25, 0.3) is 11.4 Å². The third-order valence-electron chi connectivity index (χ3n) is 2.58. The molecule has 0 aliphatic rings. The van der Waals surface area contributed by atoms with Crippen LogP contribution in [0.1, 0.15) is 17.4 Å². The van der Waals surface area contributed by atoms with Crippen molar-refractivity contribution in [3.63, 3.8) is 0 Å². The Morgan fingerprint density at radius 2 is 2.06 bits per heavy atom. The molecule has 0 spiro atoms. The number of carbonyl (C=O) groups excluding carboxylic acids is 1. The third kappa shape index (κ3) is 2.38. The minimum Gasteiger partial charge on any atom is -0.461 e. The van der Waals surface area contributed by atoms with Crippen molar-refractivity contribution in [2.24, 2.45) is 7.05 Å². The van der Waals surface area contributed by atoms with Gasteiger partial charge in [0, 0.05) is 17.6 Å². The van der Waals surface area contributed by atoms with Crippen LogP contribution >= 0.6 is 11.6 Å². The van der Waals surface area contributed by atoms with Crippen LogP contribution in [0.5, 0.6) is 0 Å². The largest absolute Gasteiger partial charge is 0.461 e. The number of aromatic nitrogens is 2. The molecule has 4 nitrogen and oxygen atoms in total. The highest BCUT2D eigenvalue weighted by Gasteiger charge is 2.15. The predicted molar refractivity (Wildman–Crippen MR) is 69.6 cm³/mol. The standard InChI is InChI=1S/C13H13ClN2O2/c1-3-18-13(17)11-8-15-12(16(11)2)9-4-6-10(14)7-5-9/h4-8H,3H2,1-2H3. The van der Waals surface area contributed by atoms with Crippen molar-refractivity contribution < 1.29 is 9.53 Å². The Labute approximate surface area is 110 Å². The number of benzene rings is 1. The van der Waals surface area contributed by atoms with Gasteiger partial charge in [-0.1, -0.05) is 11.6 Å². The van der Waals surface area contributed by atoms with E-state index in [0.29, 0.717) is 23.1 Å². The summed E-state index contributed by atoms with van der Waals surface area (Å²) in [5.74, 6) is 0.336. The Bertz CT molecular complexity index is 561. The first-order valence-electron chi connectivity index (χ1n) is 5.58. The predicted octanol–water partition coefficient (Wildman–Crippen LogP) is 2.92. The average Bonchev–Trinajstić information content (AvgIpc) is 2.73. The average molecular weight is 265 g/mol.